The summed E-state index contributed by atoms with van der Waals surface area (Å²) in [4.78, 5) is 4.34. The fourth-order valence-corrected chi connectivity index (χ4v) is 4.15. The van der Waals surface area contributed by atoms with Crippen LogP contribution < -0.4 is 15.4 Å². The van der Waals surface area contributed by atoms with Crippen LogP contribution in [-0.4, -0.2) is 40.1 Å². The molecule has 0 aliphatic heterocycles. The second-order valence-electron chi connectivity index (χ2n) is 4.64. The standard InChI is InChI=1S/C12H19ClN4O2S2/c1-2-14-12(17-9-3-4-9)15-7-8-16-21(18,19)11-6-5-10(13)20-11/h5-6,9,16H,2-4,7-8H2,1H3,(H2,14,15,17). The highest BCUT2D eigenvalue weighted by atomic mass is 35.5. The molecular weight excluding hydrogens is 332 g/mol. The lowest BCUT2D eigenvalue weighted by atomic mass is 10.6. The van der Waals surface area contributed by atoms with Crippen LogP contribution in [0.1, 0.15) is 19.8 Å². The quantitative estimate of drug-likeness (QED) is 0.394. The van der Waals surface area contributed by atoms with Gasteiger partial charge >= 0.3 is 0 Å². The first-order valence-corrected chi connectivity index (χ1v) is 9.49. The third kappa shape index (κ3) is 5.46. The summed E-state index contributed by atoms with van der Waals surface area (Å²) in [5.74, 6) is 0.735. The average Bonchev–Trinajstić information content (AvgIpc) is 3.13. The van der Waals surface area contributed by atoms with Crippen molar-refractivity contribution in [2.24, 2.45) is 4.99 Å². The van der Waals surface area contributed by atoms with Crippen LogP contribution in [-0.2, 0) is 10.0 Å². The smallest absolute Gasteiger partial charge is 0.250 e. The maximum absolute atomic E-state index is 12.0. The number of halogens is 1. The molecule has 0 saturated heterocycles. The highest BCUT2D eigenvalue weighted by Gasteiger charge is 2.22. The van der Waals surface area contributed by atoms with E-state index >= 15 is 0 Å². The molecule has 0 spiro atoms. The Morgan fingerprint density at radius 2 is 2.24 bits per heavy atom. The summed E-state index contributed by atoms with van der Waals surface area (Å²) in [7, 11) is -3.49. The van der Waals surface area contributed by atoms with Crippen molar-refractivity contribution in [1.29, 1.82) is 0 Å². The van der Waals surface area contributed by atoms with Crippen molar-refractivity contribution in [1.82, 2.24) is 15.4 Å². The Bertz CT molecular complexity index is 596. The number of thiophene rings is 1. The van der Waals surface area contributed by atoms with E-state index in [0.29, 0.717) is 16.9 Å². The average molecular weight is 351 g/mol. The fraction of sp³-hybridized carbons (Fsp3) is 0.583. The van der Waals surface area contributed by atoms with E-state index in [4.69, 9.17) is 11.6 Å². The van der Waals surface area contributed by atoms with E-state index < -0.39 is 10.0 Å². The van der Waals surface area contributed by atoms with Gasteiger partial charge < -0.3 is 10.6 Å². The van der Waals surface area contributed by atoms with Crippen LogP contribution in [0.5, 0.6) is 0 Å². The lowest BCUT2D eigenvalue weighted by molar-refractivity contribution is 0.584. The Kier molecular flexibility index (Phi) is 5.86. The first-order chi connectivity index (χ1) is 10.0. The summed E-state index contributed by atoms with van der Waals surface area (Å²) in [6.45, 7) is 3.39. The molecule has 3 N–H and O–H groups in total. The number of sulfonamides is 1. The monoisotopic (exact) mass is 350 g/mol. The summed E-state index contributed by atoms with van der Waals surface area (Å²) in [6, 6.07) is 3.58. The zero-order valence-corrected chi connectivity index (χ0v) is 14.1. The summed E-state index contributed by atoms with van der Waals surface area (Å²) in [5.41, 5.74) is 0. The normalized spacial score (nSPS) is 16.0. The maximum atomic E-state index is 12.0. The number of nitrogens with zero attached hydrogens (tertiary/aromatic N) is 1. The van der Waals surface area contributed by atoms with Gasteiger partial charge in [0, 0.05) is 19.1 Å². The Hall–Kier alpha value is -0.830. The lowest BCUT2D eigenvalue weighted by Crippen LogP contribution is -2.39. The third-order valence-electron chi connectivity index (χ3n) is 2.75. The number of guanidine groups is 1. The molecule has 1 aromatic rings. The molecule has 0 atom stereocenters. The molecule has 0 bridgehead atoms. The molecule has 0 unspecified atom stereocenters. The van der Waals surface area contributed by atoms with Crippen molar-refractivity contribution in [2.45, 2.75) is 30.0 Å². The highest BCUT2D eigenvalue weighted by Crippen LogP contribution is 2.25. The van der Waals surface area contributed by atoms with Crippen LogP contribution >= 0.6 is 22.9 Å². The van der Waals surface area contributed by atoms with Crippen LogP contribution in [0, 0.1) is 0 Å². The molecular formula is C12H19ClN4O2S2. The van der Waals surface area contributed by atoms with Crippen LogP contribution in [0.25, 0.3) is 0 Å². The van der Waals surface area contributed by atoms with Crippen molar-refractivity contribution in [2.75, 3.05) is 19.6 Å². The summed E-state index contributed by atoms with van der Waals surface area (Å²) < 4.78 is 27.1. The van der Waals surface area contributed by atoms with Crippen molar-refractivity contribution >= 4 is 38.9 Å². The van der Waals surface area contributed by atoms with E-state index in [1.165, 1.54) is 6.07 Å². The van der Waals surface area contributed by atoms with Crippen LogP contribution in [0.2, 0.25) is 4.34 Å². The fourth-order valence-electron chi connectivity index (χ4n) is 1.60. The highest BCUT2D eigenvalue weighted by molar-refractivity contribution is 7.91. The topological polar surface area (TPSA) is 82.6 Å². The number of hydrogen-bond donors (Lipinski definition) is 3. The molecule has 6 nitrogen and oxygen atoms in total. The Morgan fingerprint density at radius 1 is 1.48 bits per heavy atom. The molecule has 1 fully saturated rings. The Morgan fingerprint density at radius 3 is 2.81 bits per heavy atom. The first kappa shape index (κ1) is 16.5. The third-order valence-corrected chi connectivity index (χ3v) is 5.93. The zero-order chi connectivity index (χ0) is 15.3. The minimum absolute atomic E-state index is 0.222. The van der Waals surface area contributed by atoms with Gasteiger partial charge in [-0.15, -0.1) is 11.3 Å². The van der Waals surface area contributed by atoms with Crippen molar-refractivity contribution in [3.8, 4) is 0 Å². The van der Waals surface area contributed by atoms with Gasteiger partial charge in [0.1, 0.15) is 4.21 Å². The molecule has 1 saturated carbocycles. The minimum atomic E-state index is -3.49. The van der Waals surface area contributed by atoms with Gasteiger partial charge in [-0.1, -0.05) is 11.6 Å². The number of aliphatic imine (C=N–C) groups is 1. The van der Waals surface area contributed by atoms with Crippen molar-refractivity contribution < 1.29 is 8.42 Å². The van der Waals surface area contributed by atoms with Gasteiger partial charge in [0.25, 0.3) is 0 Å². The molecule has 118 valence electrons. The number of hydrogen-bond acceptors (Lipinski definition) is 4. The van der Waals surface area contributed by atoms with E-state index in [2.05, 4.69) is 20.3 Å². The van der Waals surface area contributed by atoms with Gasteiger partial charge in [0.05, 0.1) is 10.9 Å². The SMILES string of the molecule is CCNC(=NCCNS(=O)(=O)c1ccc(Cl)s1)NC1CC1. The second kappa shape index (κ2) is 7.44. The van der Waals surface area contributed by atoms with Gasteiger partial charge in [-0.3, -0.25) is 4.99 Å². The molecule has 0 radical (unpaired) electrons. The molecule has 2 rings (SSSR count). The maximum Gasteiger partial charge on any atom is 0.250 e. The largest absolute Gasteiger partial charge is 0.357 e. The Labute approximate surface area is 134 Å². The predicted molar refractivity (Wildman–Crippen MR) is 86.7 cm³/mol. The number of rotatable bonds is 7. The zero-order valence-electron chi connectivity index (χ0n) is 11.7. The van der Waals surface area contributed by atoms with Gasteiger partial charge in [0.2, 0.25) is 10.0 Å². The van der Waals surface area contributed by atoms with E-state index in [-0.39, 0.29) is 10.8 Å². The molecule has 0 amide bonds. The van der Waals surface area contributed by atoms with Crippen LogP contribution in [0.3, 0.4) is 0 Å². The van der Waals surface area contributed by atoms with Gasteiger partial charge in [0.15, 0.2) is 5.96 Å². The number of nitrogens with one attached hydrogen (secondary N) is 3. The minimum Gasteiger partial charge on any atom is -0.357 e. The van der Waals surface area contributed by atoms with Gasteiger partial charge in [-0.05, 0) is 31.9 Å². The van der Waals surface area contributed by atoms with E-state index in [0.717, 1.165) is 36.7 Å². The summed E-state index contributed by atoms with van der Waals surface area (Å²) in [5, 5.41) is 6.40. The molecule has 9 heteroatoms. The molecule has 0 aromatic carbocycles. The molecule has 21 heavy (non-hydrogen) atoms. The van der Waals surface area contributed by atoms with E-state index in [1.54, 1.807) is 6.07 Å². The van der Waals surface area contributed by atoms with E-state index in [1.807, 2.05) is 6.92 Å². The second-order valence-corrected chi connectivity index (χ2v) is 8.34. The summed E-state index contributed by atoms with van der Waals surface area (Å²) >= 11 is 6.78. The van der Waals surface area contributed by atoms with Crippen molar-refractivity contribution in [3.05, 3.63) is 16.5 Å². The van der Waals surface area contributed by atoms with Crippen molar-refractivity contribution in [3.63, 3.8) is 0 Å². The van der Waals surface area contributed by atoms with Gasteiger partial charge in [-0.25, -0.2) is 13.1 Å². The van der Waals surface area contributed by atoms with Crippen LogP contribution in [0.15, 0.2) is 21.3 Å². The predicted octanol–water partition coefficient (Wildman–Crippen LogP) is 1.40. The van der Waals surface area contributed by atoms with Crippen LogP contribution in [0.4, 0.5) is 0 Å². The molecule has 1 aliphatic rings. The first-order valence-electron chi connectivity index (χ1n) is 6.81. The van der Waals surface area contributed by atoms with E-state index in [9.17, 15) is 8.42 Å². The molecule has 1 heterocycles. The molecule has 1 aromatic heterocycles. The summed E-state index contributed by atoms with van der Waals surface area (Å²) in [6.07, 6.45) is 2.33. The molecule has 1 aliphatic carbocycles. The lowest BCUT2D eigenvalue weighted by Gasteiger charge is -2.10. The van der Waals surface area contributed by atoms with Gasteiger partial charge in [-0.2, -0.15) is 0 Å². The Balaban J connectivity index is 1.81.